The molecule has 0 unspecified atom stereocenters. The van der Waals surface area contributed by atoms with Gasteiger partial charge in [0.05, 0.1) is 38.4 Å². The molecule has 3 fully saturated rings. The number of aliphatic hydroxyl groups excluding tert-OH is 1. The van der Waals surface area contributed by atoms with Crippen LogP contribution in [-0.2, 0) is 17.2 Å². The van der Waals surface area contributed by atoms with Crippen LogP contribution in [0.25, 0.3) is 0 Å². The quantitative estimate of drug-likeness (QED) is 0.665. The van der Waals surface area contributed by atoms with Gasteiger partial charge in [-0.3, -0.25) is 4.21 Å². The molecule has 0 bridgehead atoms. The number of anilines is 2. The molecule has 0 radical (unpaired) electrons. The fraction of sp³-hybridized carbons (Fsp3) is 0.565. The van der Waals surface area contributed by atoms with Gasteiger partial charge in [-0.05, 0) is 44.1 Å². The molecule has 2 aromatic heterocycles. The van der Waals surface area contributed by atoms with Gasteiger partial charge in [0.2, 0.25) is 0 Å². The van der Waals surface area contributed by atoms with E-state index < -0.39 is 16.3 Å². The Hall–Kier alpha value is -2.28. The Balaban J connectivity index is 1.25. The van der Waals surface area contributed by atoms with Crippen LogP contribution in [-0.4, -0.2) is 55.3 Å². The molecule has 2 aliphatic carbocycles. The van der Waals surface area contributed by atoms with Gasteiger partial charge in [0.15, 0.2) is 0 Å². The molecule has 2 N–H and O–H groups in total. The summed E-state index contributed by atoms with van der Waals surface area (Å²) in [5, 5.41) is 23.9. The zero-order valence-corrected chi connectivity index (χ0v) is 19.8. The Morgan fingerprint density at radius 2 is 2.03 bits per heavy atom. The maximum absolute atomic E-state index is 12.8. The molecule has 4 aliphatic rings. The third-order valence-corrected chi connectivity index (χ3v) is 9.49. The molecule has 172 valence electrons. The molecular weight excluding hydrogens is 460 g/mol. The number of nitrogens with zero attached hydrogens (tertiary/aromatic N) is 5. The van der Waals surface area contributed by atoms with Crippen molar-refractivity contribution < 1.29 is 9.32 Å². The van der Waals surface area contributed by atoms with E-state index in [0.29, 0.717) is 45.2 Å². The Kier molecular flexibility index (Phi) is 4.91. The summed E-state index contributed by atoms with van der Waals surface area (Å²) in [4.78, 5) is 16.4. The molecule has 33 heavy (non-hydrogen) atoms. The van der Waals surface area contributed by atoms with E-state index in [4.69, 9.17) is 16.6 Å². The van der Waals surface area contributed by atoms with Gasteiger partial charge < -0.3 is 15.3 Å². The molecule has 2 saturated carbocycles. The second-order valence-corrected chi connectivity index (χ2v) is 12.0. The molecule has 2 aliphatic heterocycles. The zero-order chi connectivity index (χ0) is 22.8. The van der Waals surface area contributed by atoms with Gasteiger partial charge in [-0.2, -0.15) is 5.26 Å². The summed E-state index contributed by atoms with van der Waals surface area (Å²) < 4.78 is 12.8. The molecule has 0 amide bonds. The first kappa shape index (κ1) is 21.3. The van der Waals surface area contributed by atoms with Crippen LogP contribution in [0.4, 0.5) is 11.6 Å². The number of hydrogen-bond donors (Lipinski definition) is 2. The van der Waals surface area contributed by atoms with Crippen molar-refractivity contribution in [2.45, 2.75) is 54.9 Å². The summed E-state index contributed by atoms with van der Waals surface area (Å²) in [6.45, 7) is 1.70. The minimum Gasteiger partial charge on any atom is -0.394 e. The van der Waals surface area contributed by atoms with Crippen molar-refractivity contribution in [2.75, 3.05) is 35.7 Å². The van der Waals surface area contributed by atoms with Crippen molar-refractivity contribution >= 4 is 34.0 Å². The minimum atomic E-state index is -1.17. The first-order chi connectivity index (χ1) is 15.9. The number of pyridine rings is 1. The van der Waals surface area contributed by atoms with E-state index in [1.807, 2.05) is 0 Å². The van der Waals surface area contributed by atoms with Crippen molar-refractivity contribution in [3.8, 4) is 6.07 Å². The van der Waals surface area contributed by atoms with Crippen LogP contribution in [0.15, 0.2) is 17.3 Å². The van der Waals surface area contributed by atoms with Crippen molar-refractivity contribution in [3.63, 3.8) is 0 Å². The van der Waals surface area contributed by atoms with Crippen LogP contribution in [0.3, 0.4) is 0 Å². The second-order valence-electron chi connectivity index (χ2n) is 10.0. The normalized spacial score (nSPS) is 24.4. The van der Waals surface area contributed by atoms with E-state index in [2.05, 4.69) is 26.3 Å². The zero-order valence-electron chi connectivity index (χ0n) is 18.2. The van der Waals surface area contributed by atoms with E-state index in [0.717, 1.165) is 56.6 Å². The van der Waals surface area contributed by atoms with E-state index in [-0.39, 0.29) is 12.0 Å². The summed E-state index contributed by atoms with van der Waals surface area (Å²) in [7, 11) is -1.17. The van der Waals surface area contributed by atoms with Gasteiger partial charge in [-0.25, -0.2) is 15.0 Å². The smallest absolute Gasteiger partial charge is 0.149 e. The molecule has 4 heterocycles. The summed E-state index contributed by atoms with van der Waals surface area (Å²) in [5.41, 5.74) is 1.23. The fourth-order valence-electron chi connectivity index (χ4n) is 5.87. The molecule has 2 aromatic rings. The second kappa shape index (κ2) is 7.62. The average Bonchev–Trinajstić information content (AvgIpc) is 3.11. The number of fused-ring (bicyclic) bond motifs is 1. The average molecular weight is 485 g/mol. The van der Waals surface area contributed by atoms with Gasteiger partial charge in [-0.15, -0.1) is 0 Å². The van der Waals surface area contributed by atoms with Gasteiger partial charge in [0.25, 0.3) is 0 Å². The van der Waals surface area contributed by atoms with Crippen molar-refractivity contribution in [2.24, 2.45) is 5.41 Å². The lowest BCUT2D eigenvalue weighted by molar-refractivity contribution is 0.0589. The molecule has 1 spiro atoms. The number of nitrogens with one attached hydrogen (secondary N) is 1. The van der Waals surface area contributed by atoms with Crippen LogP contribution in [0.5, 0.6) is 0 Å². The van der Waals surface area contributed by atoms with E-state index in [1.165, 1.54) is 0 Å². The first-order valence-corrected chi connectivity index (χ1v) is 13.1. The maximum Gasteiger partial charge on any atom is 0.149 e. The van der Waals surface area contributed by atoms with Gasteiger partial charge >= 0.3 is 0 Å². The molecule has 8 nitrogen and oxygen atoms in total. The Morgan fingerprint density at radius 3 is 2.64 bits per heavy atom. The molecule has 1 saturated heterocycles. The van der Waals surface area contributed by atoms with Crippen molar-refractivity contribution in [1.82, 2.24) is 15.0 Å². The topological polar surface area (TPSA) is 115 Å². The lowest BCUT2D eigenvalue weighted by Gasteiger charge is -2.59. The van der Waals surface area contributed by atoms with Crippen LogP contribution >= 0.6 is 11.6 Å². The van der Waals surface area contributed by atoms with E-state index in [1.54, 1.807) is 12.4 Å². The summed E-state index contributed by atoms with van der Waals surface area (Å²) in [6, 6.07) is 2.35. The standard InChI is InChI=1S/C23H25ClN6O2S/c24-15-9-26-19(27-10-15)14-6-22(7-14)11-30(12-22)21-17(8-25)16-2-5-33(32)18(16)20(28-21)29-23(13-31)3-1-4-23/h9-10,14,31H,1-7,11-13H2,(H,28,29)/t33-/m0/s1. The molecule has 1 atom stereocenters. The van der Waals surface area contributed by atoms with E-state index in [9.17, 15) is 14.6 Å². The highest BCUT2D eigenvalue weighted by molar-refractivity contribution is 7.85. The third kappa shape index (κ3) is 3.34. The lowest BCUT2D eigenvalue weighted by atomic mass is 9.57. The summed E-state index contributed by atoms with van der Waals surface area (Å²) in [5.74, 6) is 2.98. The lowest BCUT2D eigenvalue weighted by Crippen LogP contribution is -2.62. The van der Waals surface area contributed by atoms with Crippen LogP contribution in [0, 0.1) is 16.7 Å². The number of nitriles is 1. The van der Waals surface area contributed by atoms with Gasteiger partial charge in [0, 0.05) is 42.6 Å². The first-order valence-electron chi connectivity index (χ1n) is 11.4. The molecule has 6 rings (SSSR count). The fourth-order valence-corrected chi connectivity index (χ4v) is 7.35. The number of aliphatic hydroxyl groups is 1. The van der Waals surface area contributed by atoms with Crippen LogP contribution in [0.2, 0.25) is 5.02 Å². The highest BCUT2D eigenvalue weighted by atomic mass is 35.5. The number of hydrogen-bond acceptors (Lipinski definition) is 8. The van der Waals surface area contributed by atoms with Crippen molar-refractivity contribution in [1.29, 1.82) is 5.26 Å². The van der Waals surface area contributed by atoms with Crippen LogP contribution < -0.4 is 10.2 Å². The van der Waals surface area contributed by atoms with Gasteiger partial charge in [-0.1, -0.05) is 11.6 Å². The maximum atomic E-state index is 12.8. The highest BCUT2D eigenvalue weighted by Crippen LogP contribution is 2.56. The Morgan fingerprint density at radius 1 is 1.30 bits per heavy atom. The predicted molar refractivity (Wildman–Crippen MR) is 125 cm³/mol. The van der Waals surface area contributed by atoms with Crippen LogP contribution in [0.1, 0.15) is 55.0 Å². The number of rotatable bonds is 5. The predicted octanol–water partition coefficient (Wildman–Crippen LogP) is 2.77. The largest absolute Gasteiger partial charge is 0.394 e. The van der Waals surface area contributed by atoms with Gasteiger partial charge in [0.1, 0.15) is 23.5 Å². The third-order valence-electron chi connectivity index (χ3n) is 7.82. The van der Waals surface area contributed by atoms with Crippen molar-refractivity contribution in [3.05, 3.63) is 34.4 Å². The Labute approximate surface area is 199 Å². The highest BCUT2D eigenvalue weighted by Gasteiger charge is 2.54. The Bertz CT molecular complexity index is 1170. The van der Waals surface area contributed by atoms with E-state index >= 15 is 0 Å². The molecular formula is C23H25ClN6O2S. The summed E-state index contributed by atoms with van der Waals surface area (Å²) in [6.07, 6.45) is 8.73. The SMILES string of the molecule is N#Cc1c(N2CC3(CC(c4ncc(Cl)cn4)C3)C2)nc(NC2(CO)CCC2)c2c1CC[S@@]2=O. The minimum absolute atomic E-state index is 0.0202. The molecule has 0 aromatic carbocycles. The number of halogens is 1. The monoisotopic (exact) mass is 484 g/mol. The molecule has 10 heteroatoms. The number of aromatic nitrogens is 3. The summed E-state index contributed by atoms with van der Waals surface area (Å²) >= 11 is 5.91.